The van der Waals surface area contributed by atoms with Gasteiger partial charge in [0, 0.05) is 12.8 Å². The van der Waals surface area contributed by atoms with Crippen molar-refractivity contribution in [1.29, 1.82) is 0 Å². The smallest absolute Gasteiger partial charge is 0.274 e. The molecule has 1 aliphatic heterocycles. The second-order valence-electron chi connectivity index (χ2n) is 3.98. The number of rotatable bonds is 2. The highest BCUT2D eigenvalue weighted by molar-refractivity contribution is 6.01. The average Bonchev–Trinajstić information content (AvgIpc) is 2.32. The molecule has 1 aliphatic rings. The van der Waals surface area contributed by atoms with E-state index in [0.29, 0.717) is 10.5 Å². The maximum Gasteiger partial charge on any atom is 0.325 e. The van der Waals surface area contributed by atoms with E-state index in [-0.39, 0.29) is 13.0 Å². The maximum absolute atomic E-state index is 13.2. The summed E-state index contributed by atoms with van der Waals surface area (Å²) in [7, 11) is 0. The number of likely N-dealkylation sites (tertiary alicyclic amines) is 1. The van der Waals surface area contributed by atoms with Gasteiger partial charge in [-0.25, -0.2) is 0 Å². The Labute approximate surface area is 97.0 Å². The second-order valence-corrected chi connectivity index (χ2v) is 3.98. The number of piperidine rings is 1. The first-order chi connectivity index (χ1) is 8.00. The van der Waals surface area contributed by atoms with Crippen molar-refractivity contribution in [2.45, 2.75) is 25.3 Å². The fourth-order valence-corrected chi connectivity index (χ4v) is 1.74. The molecule has 2 rings (SSSR count). The van der Waals surface area contributed by atoms with Crippen LogP contribution in [0.2, 0.25) is 0 Å². The monoisotopic (exact) mass is 239 g/mol. The molecule has 0 saturated carbocycles. The summed E-state index contributed by atoms with van der Waals surface area (Å²) in [5, 5.41) is 0. The Balaban J connectivity index is 2.19. The number of hydrogen-bond acceptors (Lipinski definition) is 2. The number of imide groups is 1. The van der Waals surface area contributed by atoms with E-state index in [1.165, 1.54) is 0 Å². The van der Waals surface area contributed by atoms with Crippen LogP contribution >= 0.6 is 0 Å². The molecule has 0 atom stereocenters. The lowest BCUT2D eigenvalue weighted by Gasteiger charge is -2.30. The van der Waals surface area contributed by atoms with E-state index in [4.69, 9.17) is 0 Å². The van der Waals surface area contributed by atoms with Crippen LogP contribution in [0.1, 0.15) is 18.4 Å². The summed E-state index contributed by atoms with van der Waals surface area (Å²) in [5.41, 5.74) is 0.659. The van der Waals surface area contributed by atoms with Crippen LogP contribution < -0.4 is 0 Å². The number of alkyl halides is 2. The van der Waals surface area contributed by atoms with Crippen LogP contribution in [0.4, 0.5) is 8.78 Å². The molecule has 17 heavy (non-hydrogen) atoms. The molecule has 3 nitrogen and oxygen atoms in total. The first-order valence-electron chi connectivity index (χ1n) is 5.27. The fourth-order valence-electron chi connectivity index (χ4n) is 1.74. The molecular weight excluding hydrogens is 228 g/mol. The van der Waals surface area contributed by atoms with Gasteiger partial charge < -0.3 is 0 Å². The maximum atomic E-state index is 13.2. The third kappa shape index (κ3) is 2.33. The number of nitrogens with zero attached hydrogens (tertiary/aromatic N) is 1. The lowest BCUT2D eigenvalue weighted by atomic mass is 10.0. The van der Waals surface area contributed by atoms with Crippen molar-refractivity contribution in [2.75, 3.05) is 0 Å². The van der Waals surface area contributed by atoms with Crippen molar-refractivity contribution in [3.8, 4) is 0 Å². The van der Waals surface area contributed by atoms with Gasteiger partial charge in [0.05, 0.1) is 6.54 Å². The van der Waals surface area contributed by atoms with Crippen LogP contribution in [0.3, 0.4) is 0 Å². The molecule has 1 aromatic carbocycles. The summed E-state index contributed by atoms with van der Waals surface area (Å²) in [6, 6.07) is 8.61. The number of carbonyl (C=O) groups excluding carboxylic acids is 2. The van der Waals surface area contributed by atoms with Crippen molar-refractivity contribution >= 4 is 11.8 Å². The number of amides is 2. The van der Waals surface area contributed by atoms with Crippen LogP contribution in [0.5, 0.6) is 0 Å². The Morgan fingerprint density at radius 1 is 1.18 bits per heavy atom. The van der Waals surface area contributed by atoms with Crippen LogP contribution in [0.15, 0.2) is 30.3 Å². The molecule has 0 radical (unpaired) electrons. The zero-order chi connectivity index (χ0) is 12.5. The highest BCUT2D eigenvalue weighted by atomic mass is 19.3. The molecule has 2 amide bonds. The van der Waals surface area contributed by atoms with E-state index >= 15 is 0 Å². The number of halogens is 2. The van der Waals surface area contributed by atoms with Gasteiger partial charge in [-0.1, -0.05) is 30.3 Å². The van der Waals surface area contributed by atoms with Crippen LogP contribution in [0, 0.1) is 0 Å². The predicted octanol–water partition coefficient (Wildman–Crippen LogP) is 1.97. The standard InChI is InChI=1S/C12H11F2NO2/c13-12(14)7-6-10(16)15(11(12)17)8-9-4-2-1-3-5-9/h1-5H,6-8H2. The van der Waals surface area contributed by atoms with Gasteiger partial charge in [-0.05, 0) is 5.56 Å². The molecule has 1 saturated heterocycles. The first-order valence-corrected chi connectivity index (χ1v) is 5.27. The summed E-state index contributed by atoms with van der Waals surface area (Å²) in [6.45, 7) is -0.0892. The van der Waals surface area contributed by atoms with Gasteiger partial charge in [-0.15, -0.1) is 0 Å². The zero-order valence-electron chi connectivity index (χ0n) is 9.03. The van der Waals surface area contributed by atoms with Crippen molar-refractivity contribution in [3.05, 3.63) is 35.9 Å². The molecule has 1 aromatic rings. The Morgan fingerprint density at radius 2 is 1.82 bits per heavy atom. The molecule has 0 N–H and O–H groups in total. The lowest BCUT2D eigenvalue weighted by Crippen LogP contribution is -2.50. The topological polar surface area (TPSA) is 37.4 Å². The van der Waals surface area contributed by atoms with E-state index in [1.54, 1.807) is 30.3 Å². The van der Waals surface area contributed by atoms with Gasteiger partial charge in [-0.2, -0.15) is 8.78 Å². The Kier molecular flexibility index (Phi) is 2.92. The Hall–Kier alpha value is -1.78. The van der Waals surface area contributed by atoms with Gasteiger partial charge in [0.15, 0.2) is 0 Å². The second kappa shape index (κ2) is 4.24. The highest BCUT2D eigenvalue weighted by Crippen LogP contribution is 2.29. The van der Waals surface area contributed by atoms with Crippen molar-refractivity contribution in [1.82, 2.24) is 4.90 Å². The van der Waals surface area contributed by atoms with Gasteiger partial charge in [0.1, 0.15) is 0 Å². The summed E-state index contributed by atoms with van der Waals surface area (Å²) in [6.07, 6.45) is -0.971. The van der Waals surface area contributed by atoms with Gasteiger partial charge in [-0.3, -0.25) is 14.5 Å². The molecule has 0 bridgehead atoms. The highest BCUT2D eigenvalue weighted by Gasteiger charge is 2.48. The lowest BCUT2D eigenvalue weighted by molar-refractivity contribution is -0.172. The predicted molar refractivity (Wildman–Crippen MR) is 56.2 cm³/mol. The number of benzene rings is 1. The summed E-state index contributed by atoms with van der Waals surface area (Å²) in [4.78, 5) is 23.5. The largest absolute Gasteiger partial charge is 0.325 e. The number of hydrogen-bond donors (Lipinski definition) is 0. The van der Waals surface area contributed by atoms with Crippen molar-refractivity contribution < 1.29 is 18.4 Å². The SMILES string of the molecule is O=C1CCC(F)(F)C(=O)N1Cc1ccccc1. The first kappa shape index (κ1) is 11.7. The van der Waals surface area contributed by atoms with Gasteiger partial charge in [0.25, 0.3) is 5.91 Å². The molecule has 0 aliphatic carbocycles. The van der Waals surface area contributed by atoms with E-state index in [0.717, 1.165) is 0 Å². The minimum Gasteiger partial charge on any atom is -0.274 e. The molecule has 0 unspecified atom stereocenters. The van der Waals surface area contributed by atoms with E-state index in [2.05, 4.69) is 0 Å². The minimum atomic E-state index is -3.41. The summed E-state index contributed by atoms with van der Waals surface area (Å²) < 4.78 is 26.4. The number of carbonyl (C=O) groups is 2. The van der Waals surface area contributed by atoms with E-state index in [9.17, 15) is 18.4 Å². The van der Waals surface area contributed by atoms with Crippen LogP contribution in [0.25, 0.3) is 0 Å². The Morgan fingerprint density at radius 3 is 2.47 bits per heavy atom. The third-order valence-electron chi connectivity index (χ3n) is 2.70. The zero-order valence-corrected chi connectivity index (χ0v) is 9.03. The summed E-state index contributed by atoms with van der Waals surface area (Å²) >= 11 is 0. The molecule has 5 heteroatoms. The average molecular weight is 239 g/mol. The van der Waals surface area contributed by atoms with Crippen LogP contribution in [-0.4, -0.2) is 22.6 Å². The molecule has 90 valence electrons. The molecule has 0 spiro atoms. The fraction of sp³-hybridized carbons (Fsp3) is 0.333. The van der Waals surface area contributed by atoms with Crippen LogP contribution in [-0.2, 0) is 16.1 Å². The Bertz CT molecular complexity index is 445. The molecule has 1 fully saturated rings. The van der Waals surface area contributed by atoms with Gasteiger partial charge >= 0.3 is 5.92 Å². The molecule has 0 aromatic heterocycles. The quantitative estimate of drug-likeness (QED) is 0.740. The van der Waals surface area contributed by atoms with Crippen molar-refractivity contribution in [3.63, 3.8) is 0 Å². The third-order valence-corrected chi connectivity index (χ3v) is 2.70. The van der Waals surface area contributed by atoms with E-state index < -0.39 is 24.2 Å². The van der Waals surface area contributed by atoms with Gasteiger partial charge in [0.2, 0.25) is 5.91 Å². The van der Waals surface area contributed by atoms with Crippen molar-refractivity contribution in [2.24, 2.45) is 0 Å². The molecular formula is C12H11F2NO2. The minimum absolute atomic E-state index is 0.0892. The van der Waals surface area contributed by atoms with E-state index in [1.807, 2.05) is 0 Å². The normalized spacial score (nSPS) is 19.5. The molecule has 1 heterocycles. The summed E-state index contributed by atoms with van der Waals surface area (Å²) in [5.74, 6) is -5.34.